The molecule has 0 aromatic rings. The van der Waals surface area contributed by atoms with Gasteiger partial charge in [-0.15, -0.1) is 12.4 Å². The van der Waals surface area contributed by atoms with Crippen LogP contribution in [0.2, 0.25) is 0 Å². The van der Waals surface area contributed by atoms with Crippen molar-refractivity contribution in [3.8, 4) is 0 Å². The van der Waals surface area contributed by atoms with Crippen molar-refractivity contribution < 1.29 is 0 Å². The Labute approximate surface area is 224 Å². The second-order valence-corrected chi connectivity index (χ2v) is 11.8. The molecule has 0 heterocycles. The second kappa shape index (κ2) is 29.5. The van der Waals surface area contributed by atoms with Crippen molar-refractivity contribution >= 4 is 12.4 Å². The Morgan fingerprint density at radius 2 is 0.676 bits per heavy atom. The molecule has 0 aliphatic rings. The smallest absolute Gasteiger partial charge is 0.00891 e. The molecule has 0 amide bonds. The summed E-state index contributed by atoms with van der Waals surface area (Å²) in [4.78, 5) is 2.50. The molecule has 0 radical (unpaired) electrons. The maximum absolute atomic E-state index is 2.50. The van der Waals surface area contributed by atoms with Gasteiger partial charge in [-0.25, -0.2) is 0 Å². The van der Waals surface area contributed by atoms with Crippen LogP contribution in [0.5, 0.6) is 0 Å². The van der Waals surface area contributed by atoms with Crippen molar-refractivity contribution in [2.75, 3.05) is 14.1 Å². The van der Waals surface area contributed by atoms with E-state index in [1.807, 2.05) is 0 Å². The minimum Gasteiger partial charge on any atom is -0.306 e. The normalized spacial score (nSPS) is 12.4. The van der Waals surface area contributed by atoms with E-state index in [1.165, 1.54) is 161 Å². The molecule has 0 spiro atoms. The zero-order chi connectivity index (χ0) is 24.4. The Balaban J connectivity index is 0. The van der Waals surface area contributed by atoms with E-state index in [0.29, 0.717) is 0 Å². The van der Waals surface area contributed by atoms with Crippen LogP contribution < -0.4 is 0 Å². The SMILES string of the molecule is CCCCCCCCCCCC(CCCCCCCCCCCCCCCC(C)C)N(C)C.Cl. The first-order valence-corrected chi connectivity index (χ1v) is 15.7. The van der Waals surface area contributed by atoms with Crippen LogP contribution in [0.4, 0.5) is 0 Å². The average Bonchev–Trinajstić information content (AvgIpc) is 2.78. The highest BCUT2D eigenvalue weighted by atomic mass is 35.5. The average molecular weight is 502 g/mol. The Bertz CT molecular complexity index is 355. The highest BCUT2D eigenvalue weighted by Gasteiger charge is 2.10. The number of hydrogen-bond acceptors (Lipinski definition) is 1. The number of rotatable bonds is 27. The zero-order valence-corrected chi connectivity index (χ0v) is 25.5. The van der Waals surface area contributed by atoms with Gasteiger partial charge in [0.1, 0.15) is 0 Å². The quantitative estimate of drug-likeness (QED) is 0.101. The van der Waals surface area contributed by atoms with E-state index in [1.54, 1.807) is 0 Å². The van der Waals surface area contributed by atoms with Crippen LogP contribution in [-0.2, 0) is 0 Å². The van der Waals surface area contributed by atoms with E-state index in [4.69, 9.17) is 0 Å². The van der Waals surface area contributed by atoms with Crippen molar-refractivity contribution in [3.05, 3.63) is 0 Å². The fraction of sp³-hybridized carbons (Fsp3) is 1.00. The van der Waals surface area contributed by atoms with E-state index in [0.717, 1.165) is 12.0 Å². The second-order valence-electron chi connectivity index (χ2n) is 11.8. The molecule has 0 saturated carbocycles. The maximum Gasteiger partial charge on any atom is 0.00891 e. The predicted octanol–water partition coefficient (Wildman–Crippen LogP) is 11.8. The Kier molecular flexibility index (Phi) is 31.6. The first-order chi connectivity index (χ1) is 16.1. The summed E-state index contributed by atoms with van der Waals surface area (Å²) >= 11 is 0. The summed E-state index contributed by atoms with van der Waals surface area (Å²) < 4.78 is 0. The highest BCUT2D eigenvalue weighted by Crippen LogP contribution is 2.18. The zero-order valence-electron chi connectivity index (χ0n) is 24.7. The highest BCUT2D eigenvalue weighted by molar-refractivity contribution is 5.85. The third kappa shape index (κ3) is 28.5. The molecule has 0 fully saturated rings. The number of nitrogens with zero attached hydrogens (tertiary/aromatic N) is 1. The van der Waals surface area contributed by atoms with Gasteiger partial charge < -0.3 is 4.90 Å². The molecule has 1 atom stereocenters. The summed E-state index contributed by atoms with van der Waals surface area (Å²) in [5, 5.41) is 0. The lowest BCUT2D eigenvalue weighted by Crippen LogP contribution is -2.27. The molecule has 34 heavy (non-hydrogen) atoms. The van der Waals surface area contributed by atoms with Crippen molar-refractivity contribution in [1.29, 1.82) is 0 Å². The van der Waals surface area contributed by atoms with E-state index >= 15 is 0 Å². The van der Waals surface area contributed by atoms with Gasteiger partial charge in [0.25, 0.3) is 0 Å². The van der Waals surface area contributed by atoms with Gasteiger partial charge in [-0.05, 0) is 32.9 Å². The molecule has 0 aromatic heterocycles. The molecule has 2 heteroatoms. The molecule has 0 aliphatic heterocycles. The molecular formula is C32H68ClN. The lowest BCUT2D eigenvalue weighted by molar-refractivity contribution is 0.251. The van der Waals surface area contributed by atoms with Crippen molar-refractivity contribution in [3.63, 3.8) is 0 Å². The standard InChI is InChI=1S/C32H67N.ClH/c1-6-7-8-9-10-16-20-23-26-29-32(33(4)5)30-27-24-21-18-15-13-11-12-14-17-19-22-25-28-31(2)3;/h31-32H,6-30H2,1-5H3;1H. The minimum absolute atomic E-state index is 0. The lowest BCUT2D eigenvalue weighted by Gasteiger charge is -2.24. The molecule has 0 aliphatic carbocycles. The molecule has 0 N–H and O–H groups in total. The number of halogens is 1. The summed E-state index contributed by atoms with van der Waals surface area (Å²) in [6.45, 7) is 7.00. The van der Waals surface area contributed by atoms with Crippen LogP contribution in [-0.4, -0.2) is 25.0 Å². The van der Waals surface area contributed by atoms with Crippen molar-refractivity contribution in [2.45, 2.75) is 187 Å². The van der Waals surface area contributed by atoms with Crippen LogP contribution in [0.25, 0.3) is 0 Å². The fourth-order valence-electron chi connectivity index (χ4n) is 5.23. The maximum atomic E-state index is 2.50. The summed E-state index contributed by atoms with van der Waals surface area (Å²) in [7, 11) is 4.59. The largest absolute Gasteiger partial charge is 0.306 e. The molecule has 0 bridgehead atoms. The van der Waals surface area contributed by atoms with Gasteiger partial charge in [0.2, 0.25) is 0 Å². The third-order valence-corrected chi connectivity index (χ3v) is 7.69. The van der Waals surface area contributed by atoms with Crippen LogP contribution in [0.15, 0.2) is 0 Å². The molecule has 0 saturated heterocycles. The van der Waals surface area contributed by atoms with Gasteiger partial charge in [0.05, 0.1) is 0 Å². The minimum atomic E-state index is 0. The molecule has 0 aromatic carbocycles. The van der Waals surface area contributed by atoms with Gasteiger partial charge in [0.15, 0.2) is 0 Å². The Morgan fingerprint density at radius 3 is 0.941 bits per heavy atom. The molecular weight excluding hydrogens is 434 g/mol. The van der Waals surface area contributed by atoms with Gasteiger partial charge in [0, 0.05) is 6.04 Å². The first-order valence-electron chi connectivity index (χ1n) is 15.7. The van der Waals surface area contributed by atoms with Crippen molar-refractivity contribution in [2.24, 2.45) is 5.92 Å². The number of hydrogen-bond donors (Lipinski definition) is 0. The summed E-state index contributed by atoms with van der Waals surface area (Å²) in [6.07, 6.45) is 36.4. The van der Waals surface area contributed by atoms with Gasteiger partial charge in [-0.3, -0.25) is 0 Å². The summed E-state index contributed by atoms with van der Waals surface area (Å²) in [5.41, 5.74) is 0. The Hall–Kier alpha value is 0.250. The van der Waals surface area contributed by atoms with Gasteiger partial charge >= 0.3 is 0 Å². The molecule has 1 nitrogen and oxygen atoms in total. The molecule has 208 valence electrons. The van der Waals surface area contributed by atoms with E-state index < -0.39 is 0 Å². The van der Waals surface area contributed by atoms with E-state index in [-0.39, 0.29) is 12.4 Å². The van der Waals surface area contributed by atoms with E-state index in [2.05, 4.69) is 39.8 Å². The predicted molar refractivity (Wildman–Crippen MR) is 161 cm³/mol. The lowest BCUT2D eigenvalue weighted by atomic mass is 9.99. The van der Waals surface area contributed by atoms with Crippen LogP contribution >= 0.6 is 12.4 Å². The fourth-order valence-corrected chi connectivity index (χ4v) is 5.23. The molecule has 1 unspecified atom stereocenters. The topological polar surface area (TPSA) is 3.24 Å². The van der Waals surface area contributed by atoms with Crippen molar-refractivity contribution in [1.82, 2.24) is 4.90 Å². The summed E-state index contributed by atoms with van der Waals surface area (Å²) in [5.74, 6) is 0.893. The monoisotopic (exact) mass is 502 g/mol. The van der Waals surface area contributed by atoms with Crippen LogP contribution in [0, 0.1) is 5.92 Å². The van der Waals surface area contributed by atoms with Crippen LogP contribution in [0.1, 0.15) is 181 Å². The first kappa shape index (κ1) is 36.4. The Morgan fingerprint density at radius 1 is 0.412 bits per heavy atom. The molecule has 0 rings (SSSR count). The summed E-state index contributed by atoms with van der Waals surface area (Å²) in [6, 6.07) is 0.819. The number of unbranched alkanes of at least 4 members (excludes halogenated alkanes) is 20. The van der Waals surface area contributed by atoms with Gasteiger partial charge in [-0.2, -0.15) is 0 Å². The van der Waals surface area contributed by atoms with Crippen LogP contribution in [0.3, 0.4) is 0 Å². The van der Waals surface area contributed by atoms with Gasteiger partial charge in [-0.1, -0.05) is 168 Å². The third-order valence-electron chi connectivity index (χ3n) is 7.69. The van der Waals surface area contributed by atoms with E-state index in [9.17, 15) is 0 Å².